The van der Waals surface area contributed by atoms with Gasteiger partial charge in [0.1, 0.15) is 5.82 Å². The third kappa shape index (κ3) is 4.29. The maximum Gasteiger partial charge on any atom is 0.238 e. The normalized spacial score (nSPS) is 20.2. The van der Waals surface area contributed by atoms with Gasteiger partial charge in [0.15, 0.2) is 0 Å². The highest BCUT2D eigenvalue weighted by Crippen LogP contribution is 2.11. The van der Waals surface area contributed by atoms with E-state index in [1.54, 1.807) is 12.1 Å². The van der Waals surface area contributed by atoms with E-state index in [2.05, 4.69) is 15.5 Å². The molecule has 5 heteroatoms. The number of carbonyl (C=O) groups excluding carboxylic acids is 1. The fourth-order valence-corrected chi connectivity index (χ4v) is 2.37. The van der Waals surface area contributed by atoms with E-state index >= 15 is 0 Å². The van der Waals surface area contributed by atoms with Crippen LogP contribution in [-0.2, 0) is 4.79 Å². The van der Waals surface area contributed by atoms with Gasteiger partial charge in [-0.2, -0.15) is 0 Å². The number of amides is 1. The molecule has 0 spiro atoms. The van der Waals surface area contributed by atoms with E-state index in [0.717, 1.165) is 25.9 Å². The monoisotopic (exact) mass is 265 g/mol. The minimum Gasteiger partial charge on any atom is -0.325 e. The first-order valence-corrected chi connectivity index (χ1v) is 6.62. The number of piperidine rings is 1. The van der Waals surface area contributed by atoms with Gasteiger partial charge in [-0.25, -0.2) is 4.39 Å². The number of carbonyl (C=O) groups is 1. The van der Waals surface area contributed by atoms with Crippen LogP contribution in [-0.4, -0.2) is 43.5 Å². The van der Waals surface area contributed by atoms with Gasteiger partial charge in [-0.05, 0) is 50.7 Å². The van der Waals surface area contributed by atoms with E-state index in [1.807, 2.05) is 7.05 Å². The molecule has 4 nitrogen and oxygen atoms in total. The molecule has 1 fully saturated rings. The zero-order chi connectivity index (χ0) is 13.7. The van der Waals surface area contributed by atoms with Crippen LogP contribution >= 0.6 is 0 Å². The number of hydrogen-bond acceptors (Lipinski definition) is 3. The summed E-state index contributed by atoms with van der Waals surface area (Å²) < 4.78 is 12.8. The molecule has 104 valence electrons. The van der Waals surface area contributed by atoms with Gasteiger partial charge in [0.2, 0.25) is 5.91 Å². The average Bonchev–Trinajstić information content (AvgIpc) is 2.41. The van der Waals surface area contributed by atoms with Crippen molar-refractivity contribution in [2.24, 2.45) is 0 Å². The van der Waals surface area contributed by atoms with Crippen molar-refractivity contribution >= 4 is 11.6 Å². The van der Waals surface area contributed by atoms with Crippen molar-refractivity contribution in [3.63, 3.8) is 0 Å². The lowest BCUT2D eigenvalue weighted by Gasteiger charge is -2.31. The molecule has 1 aromatic rings. The maximum absolute atomic E-state index is 12.8. The first-order chi connectivity index (χ1) is 9.17. The number of hydrogen-bond donors (Lipinski definition) is 2. The van der Waals surface area contributed by atoms with Crippen LogP contribution in [0.25, 0.3) is 0 Å². The van der Waals surface area contributed by atoms with Gasteiger partial charge in [0.05, 0.1) is 6.54 Å². The van der Waals surface area contributed by atoms with Gasteiger partial charge >= 0.3 is 0 Å². The Bertz CT molecular complexity index is 421. The number of likely N-dealkylation sites (tertiary alicyclic amines) is 1. The summed E-state index contributed by atoms with van der Waals surface area (Å²) in [5.74, 6) is -0.353. The molecule has 1 aromatic carbocycles. The van der Waals surface area contributed by atoms with Crippen LogP contribution in [0.4, 0.5) is 10.1 Å². The molecule has 0 radical (unpaired) electrons. The molecular weight excluding hydrogens is 245 g/mol. The SMILES string of the molecule is CNC1CCCN(CC(=O)Nc2ccc(F)cc2)C1. The lowest BCUT2D eigenvalue weighted by atomic mass is 10.1. The molecule has 2 N–H and O–H groups in total. The summed E-state index contributed by atoms with van der Waals surface area (Å²) in [6.07, 6.45) is 2.27. The van der Waals surface area contributed by atoms with Crippen LogP contribution in [0.2, 0.25) is 0 Å². The number of nitrogens with zero attached hydrogens (tertiary/aromatic N) is 1. The van der Waals surface area contributed by atoms with Crippen molar-refractivity contribution in [1.29, 1.82) is 0 Å². The Balaban J connectivity index is 1.82. The molecule has 19 heavy (non-hydrogen) atoms. The van der Waals surface area contributed by atoms with Gasteiger partial charge in [-0.3, -0.25) is 9.69 Å². The molecule has 1 heterocycles. The molecule has 0 bridgehead atoms. The van der Waals surface area contributed by atoms with Crippen molar-refractivity contribution in [3.8, 4) is 0 Å². The number of anilines is 1. The molecule has 1 aliphatic heterocycles. The van der Waals surface area contributed by atoms with Crippen molar-refractivity contribution in [3.05, 3.63) is 30.1 Å². The lowest BCUT2D eigenvalue weighted by Crippen LogP contribution is -2.46. The molecule has 0 aliphatic carbocycles. The van der Waals surface area contributed by atoms with E-state index in [1.165, 1.54) is 12.1 Å². The standard InChI is InChI=1S/C14H20FN3O/c1-16-13-3-2-8-18(9-13)10-14(19)17-12-6-4-11(15)5-7-12/h4-7,13,16H,2-3,8-10H2,1H3,(H,17,19). The fraction of sp³-hybridized carbons (Fsp3) is 0.500. The summed E-state index contributed by atoms with van der Waals surface area (Å²) in [6.45, 7) is 2.23. The minimum absolute atomic E-state index is 0.0524. The summed E-state index contributed by atoms with van der Waals surface area (Å²) in [7, 11) is 1.95. The zero-order valence-corrected chi connectivity index (χ0v) is 11.2. The number of likely N-dealkylation sites (N-methyl/N-ethyl adjacent to an activating group) is 1. The van der Waals surface area contributed by atoms with Crippen LogP contribution in [0.1, 0.15) is 12.8 Å². The third-order valence-corrected chi connectivity index (χ3v) is 3.41. The molecule has 1 amide bonds. The largest absolute Gasteiger partial charge is 0.325 e. The fourth-order valence-electron chi connectivity index (χ4n) is 2.37. The Hall–Kier alpha value is -1.46. The van der Waals surface area contributed by atoms with E-state index in [0.29, 0.717) is 18.3 Å². The van der Waals surface area contributed by atoms with Gasteiger partial charge < -0.3 is 10.6 Å². The van der Waals surface area contributed by atoms with Crippen molar-refractivity contribution in [2.75, 3.05) is 32.0 Å². The highest BCUT2D eigenvalue weighted by molar-refractivity contribution is 5.92. The summed E-state index contributed by atoms with van der Waals surface area (Å²) in [6, 6.07) is 6.29. The molecule has 1 unspecified atom stereocenters. The van der Waals surface area contributed by atoms with Crippen LogP contribution in [0.3, 0.4) is 0 Å². The predicted octanol–water partition coefficient (Wildman–Crippen LogP) is 1.45. The predicted molar refractivity (Wildman–Crippen MR) is 73.6 cm³/mol. The van der Waals surface area contributed by atoms with Crippen molar-refractivity contribution in [1.82, 2.24) is 10.2 Å². The number of nitrogens with one attached hydrogen (secondary N) is 2. The Morgan fingerprint density at radius 2 is 2.16 bits per heavy atom. The third-order valence-electron chi connectivity index (χ3n) is 3.41. The lowest BCUT2D eigenvalue weighted by molar-refractivity contribution is -0.117. The summed E-state index contributed by atoms with van der Waals surface area (Å²) in [4.78, 5) is 14.0. The van der Waals surface area contributed by atoms with Crippen LogP contribution in [0.5, 0.6) is 0 Å². The molecule has 2 rings (SSSR count). The smallest absolute Gasteiger partial charge is 0.238 e. The van der Waals surface area contributed by atoms with E-state index in [4.69, 9.17) is 0 Å². The second-order valence-electron chi connectivity index (χ2n) is 4.92. The Labute approximate surface area is 113 Å². The van der Waals surface area contributed by atoms with Gasteiger partial charge in [-0.1, -0.05) is 0 Å². The van der Waals surface area contributed by atoms with E-state index in [9.17, 15) is 9.18 Å². The zero-order valence-electron chi connectivity index (χ0n) is 11.2. The summed E-state index contributed by atoms with van der Waals surface area (Å²) in [5.41, 5.74) is 0.633. The Morgan fingerprint density at radius 1 is 1.42 bits per heavy atom. The Morgan fingerprint density at radius 3 is 2.84 bits per heavy atom. The average molecular weight is 265 g/mol. The van der Waals surface area contributed by atoms with Crippen LogP contribution in [0.15, 0.2) is 24.3 Å². The molecule has 1 atom stereocenters. The van der Waals surface area contributed by atoms with Gasteiger partial charge in [0, 0.05) is 18.3 Å². The van der Waals surface area contributed by atoms with Gasteiger partial charge in [-0.15, -0.1) is 0 Å². The van der Waals surface area contributed by atoms with Crippen LogP contribution in [0, 0.1) is 5.82 Å². The molecule has 0 saturated carbocycles. The highest BCUT2D eigenvalue weighted by atomic mass is 19.1. The Kier molecular flexibility index (Phi) is 4.87. The minimum atomic E-state index is -0.300. The number of rotatable bonds is 4. The first kappa shape index (κ1) is 14.0. The summed E-state index contributed by atoms with van der Waals surface area (Å²) >= 11 is 0. The second-order valence-corrected chi connectivity index (χ2v) is 4.92. The summed E-state index contributed by atoms with van der Waals surface area (Å²) in [5, 5.41) is 6.03. The molecule has 1 saturated heterocycles. The quantitative estimate of drug-likeness (QED) is 0.866. The number of benzene rings is 1. The molecule has 0 aromatic heterocycles. The highest BCUT2D eigenvalue weighted by Gasteiger charge is 2.20. The van der Waals surface area contributed by atoms with E-state index in [-0.39, 0.29) is 11.7 Å². The topological polar surface area (TPSA) is 44.4 Å². The second kappa shape index (κ2) is 6.63. The van der Waals surface area contributed by atoms with Gasteiger partial charge in [0.25, 0.3) is 0 Å². The molecular formula is C14H20FN3O. The van der Waals surface area contributed by atoms with Crippen molar-refractivity contribution < 1.29 is 9.18 Å². The van der Waals surface area contributed by atoms with E-state index < -0.39 is 0 Å². The first-order valence-electron chi connectivity index (χ1n) is 6.62. The van der Waals surface area contributed by atoms with Crippen molar-refractivity contribution in [2.45, 2.75) is 18.9 Å². The molecule has 1 aliphatic rings. The maximum atomic E-state index is 12.8. The van der Waals surface area contributed by atoms with Crippen LogP contribution < -0.4 is 10.6 Å². The number of halogens is 1.